The fraction of sp³-hybridized carbons (Fsp3) is 0.571. The van der Waals surface area contributed by atoms with Crippen molar-refractivity contribution in [1.82, 2.24) is 0 Å². The minimum atomic E-state index is -0.0853. The molecule has 0 amide bonds. The monoisotopic (exact) mass is 172 g/mol. The number of rotatable bonds is 4. The quantitative estimate of drug-likeness (QED) is 0.209. The summed E-state index contributed by atoms with van der Waals surface area (Å²) in [6.07, 6.45) is 1.47. The van der Waals surface area contributed by atoms with Gasteiger partial charge in [0.2, 0.25) is 0 Å². The number of hydrogen-bond acceptors (Lipinski definition) is 2. The molecular formula is C7H13AlO3+. The summed E-state index contributed by atoms with van der Waals surface area (Å²) in [5.74, 6) is 2.57. The zero-order valence-corrected chi connectivity index (χ0v) is 8.28. The smallest absolute Gasteiger partial charge is 0.519 e. The first-order valence-electron chi connectivity index (χ1n) is 3.52. The van der Waals surface area contributed by atoms with Crippen LogP contribution in [0, 0.1) is 0 Å². The van der Waals surface area contributed by atoms with E-state index in [1.54, 1.807) is 6.92 Å². The summed E-state index contributed by atoms with van der Waals surface area (Å²) >= 11 is -0.0236. The highest BCUT2D eigenvalue weighted by atomic mass is 27.1. The Kier molecular flexibility index (Phi) is 6.00. The molecule has 0 aliphatic rings. The molecule has 1 radical (unpaired) electrons. The first-order valence-corrected chi connectivity index (χ1v) is 5.14. The third-order valence-electron chi connectivity index (χ3n) is 0.923. The van der Waals surface area contributed by atoms with E-state index in [2.05, 4.69) is 0 Å². The van der Waals surface area contributed by atoms with Crippen molar-refractivity contribution in [3.8, 4) is 0 Å². The van der Waals surface area contributed by atoms with Gasteiger partial charge in [0.1, 0.15) is 6.08 Å². The van der Waals surface area contributed by atoms with Gasteiger partial charge < -0.3 is 13.3 Å². The van der Waals surface area contributed by atoms with Gasteiger partial charge in [-0.15, -0.1) is 0 Å². The molecular weight excluding hydrogens is 159 g/mol. The van der Waals surface area contributed by atoms with Crippen molar-refractivity contribution in [3.63, 3.8) is 0 Å². The first kappa shape index (κ1) is 10.5. The van der Waals surface area contributed by atoms with Gasteiger partial charge in [0.15, 0.2) is 6.61 Å². The highest BCUT2D eigenvalue weighted by Gasteiger charge is 2.05. The zero-order valence-electron chi connectivity index (χ0n) is 7.13. The molecule has 0 aliphatic heterocycles. The molecule has 0 aromatic heterocycles. The number of carbonyl (C=O) groups excluding carboxylic acids is 1. The minimum Gasteiger partial charge on any atom is -0.651 e. The average molecular weight is 172 g/mol. The number of ether oxygens (including phenoxy) is 1. The van der Waals surface area contributed by atoms with E-state index in [0.29, 0.717) is 12.4 Å². The maximum Gasteiger partial charge on any atom is 0.519 e. The molecule has 0 spiro atoms. The molecule has 3 nitrogen and oxygen atoms in total. The van der Waals surface area contributed by atoms with Gasteiger partial charge in [-0.25, -0.2) is 0 Å². The van der Waals surface area contributed by atoms with Crippen molar-refractivity contribution >= 4 is 21.5 Å². The van der Waals surface area contributed by atoms with E-state index in [-0.39, 0.29) is 21.5 Å². The standard InChI is InChI=1S/C6H10O3.CH3.Al/c1-3-9-6(8)4-5(2)7;;/h4,7H,3H2,1-2H3;1H3;/q;;+1/b5-4-;;. The predicted octanol–water partition coefficient (Wildman–Crippen LogP) is 1.11. The van der Waals surface area contributed by atoms with Crippen LogP contribution in [0.15, 0.2) is 11.8 Å². The van der Waals surface area contributed by atoms with Crippen molar-refractivity contribution < 1.29 is 13.3 Å². The number of esters is 1. The van der Waals surface area contributed by atoms with Crippen LogP contribution < -0.4 is 0 Å². The molecule has 0 heterocycles. The Labute approximate surface area is 73.4 Å². The highest BCUT2D eigenvalue weighted by Crippen LogP contribution is 1.94. The third kappa shape index (κ3) is 5.96. The lowest BCUT2D eigenvalue weighted by molar-refractivity contribution is 0.294. The molecule has 0 saturated heterocycles. The first-order chi connectivity index (χ1) is 5.20. The summed E-state index contributed by atoms with van der Waals surface area (Å²) in [5.41, 5.74) is 0. The molecule has 0 fully saturated rings. The Balaban J connectivity index is 3.76. The molecule has 0 rings (SSSR count). The van der Waals surface area contributed by atoms with Crippen molar-refractivity contribution in [2.75, 3.05) is 6.61 Å². The predicted molar refractivity (Wildman–Crippen MR) is 45.0 cm³/mol. The van der Waals surface area contributed by atoms with Crippen LogP contribution in [-0.4, -0.2) is 32.9 Å². The molecule has 0 atom stereocenters. The Morgan fingerprint density at radius 1 is 1.64 bits per heavy atom. The second-order valence-corrected chi connectivity index (χ2v) is 2.59. The van der Waals surface area contributed by atoms with Crippen molar-refractivity contribution in [3.05, 3.63) is 11.8 Å². The summed E-state index contributed by atoms with van der Waals surface area (Å²) < 4.78 is 9.93. The topological polar surface area (TPSA) is 39.9 Å². The zero-order chi connectivity index (χ0) is 8.69. The van der Waals surface area contributed by atoms with Gasteiger partial charge >= 0.3 is 21.5 Å². The van der Waals surface area contributed by atoms with Gasteiger partial charge in [-0.3, -0.25) is 0 Å². The molecule has 0 saturated carbocycles. The van der Waals surface area contributed by atoms with Gasteiger partial charge in [-0.2, -0.15) is 0 Å². The molecule has 0 aromatic carbocycles. The van der Waals surface area contributed by atoms with Crippen molar-refractivity contribution in [2.24, 2.45) is 0 Å². The van der Waals surface area contributed by atoms with E-state index in [0.717, 1.165) is 0 Å². The molecule has 61 valence electrons. The Morgan fingerprint density at radius 3 is 2.73 bits per heavy atom. The van der Waals surface area contributed by atoms with E-state index >= 15 is 0 Å². The van der Waals surface area contributed by atoms with Gasteiger partial charge in [-0.05, 0) is 13.8 Å². The lowest BCUT2D eigenvalue weighted by Crippen LogP contribution is -2.02. The van der Waals surface area contributed by atoms with Crippen LogP contribution in [-0.2, 0) is 8.53 Å². The third-order valence-corrected chi connectivity index (χ3v) is 1.53. The van der Waals surface area contributed by atoms with Crippen LogP contribution in [0.5, 0.6) is 0 Å². The Bertz CT molecular complexity index is 154. The highest BCUT2D eigenvalue weighted by molar-refractivity contribution is 6.25. The van der Waals surface area contributed by atoms with Crippen LogP contribution in [0.4, 0.5) is 0 Å². The van der Waals surface area contributed by atoms with Crippen molar-refractivity contribution in [2.45, 2.75) is 19.6 Å². The van der Waals surface area contributed by atoms with E-state index in [9.17, 15) is 0 Å². The lowest BCUT2D eigenvalue weighted by atomic mass is 10.5. The molecule has 0 unspecified atom stereocenters. The van der Waals surface area contributed by atoms with Crippen LogP contribution in [0.2, 0.25) is 5.79 Å². The number of allylic oxidation sites excluding steroid dienone is 1. The van der Waals surface area contributed by atoms with E-state index < -0.39 is 0 Å². The molecule has 0 aliphatic carbocycles. The maximum atomic E-state index is 8.99. The summed E-state index contributed by atoms with van der Waals surface area (Å²) in [7, 11) is 0. The van der Waals surface area contributed by atoms with Crippen molar-refractivity contribution in [1.29, 1.82) is 0 Å². The van der Waals surface area contributed by atoms with E-state index in [1.807, 2.05) is 12.7 Å². The summed E-state index contributed by atoms with van der Waals surface area (Å²) in [6.45, 7) is 4.06. The van der Waals surface area contributed by atoms with Gasteiger partial charge in [0.05, 0.1) is 5.76 Å². The summed E-state index contributed by atoms with van der Waals surface area (Å²) in [4.78, 5) is 8.99. The minimum absolute atomic E-state index is 0.0236. The second-order valence-electron chi connectivity index (χ2n) is 1.88. The number of hydrogen-bond donors (Lipinski definition) is 0. The molecule has 0 aromatic rings. The summed E-state index contributed by atoms with van der Waals surface area (Å²) in [5, 5.41) is 0. The van der Waals surface area contributed by atoms with Gasteiger partial charge in [0.25, 0.3) is 0 Å². The summed E-state index contributed by atoms with van der Waals surface area (Å²) in [6, 6.07) is 0. The van der Waals surface area contributed by atoms with Gasteiger partial charge in [-0.1, -0.05) is 5.79 Å². The van der Waals surface area contributed by atoms with E-state index in [1.165, 1.54) is 6.08 Å². The maximum absolute atomic E-state index is 8.99. The van der Waals surface area contributed by atoms with Crippen LogP contribution in [0.25, 0.3) is 0 Å². The van der Waals surface area contributed by atoms with Crippen LogP contribution >= 0.6 is 0 Å². The fourth-order valence-electron chi connectivity index (χ4n) is 0.583. The second kappa shape index (κ2) is 6.27. The van der Waals surface area contributed by atoms with Crippen LogP contribution in [0.3, 0.4) is 0 Å². The Hall–Kier alpha value is -0.458. The van der Waals surface area contributed by atoms with Gasteiger partial charge in [0, 0.05) is 0 Å². The van der Waals surface area contributed by atoms with Crippen LogP contribution in [0.1, 0.15) is 13.8 Å². The molecule has 0 bridgehead atoms. The SMILES string of the molecule is CCOC(=[OH+])/C=C(/C)[O][Al][CH3]. The fourth-order valence-corrected chi connectivity index (χ4v) is 1.02. The lowest BCUT2D eigenvalue weighted by Gasteiger charge is -2.00. The normalized spacial score (nSPS) is 10.6. The molecule has 1 N–H and O–H groups in total. The largest absolute Gasteiger partial charge is 0.651 e. The van der Waals surface area contributed by atoms with E-state index in [4.69, 9.17) is 13.3 Å². The Morgan fingerprint density at radius 2 is 2.27 bits per heavy atom. The average Bonchev–Trinajstić information content (AvgIpc) is 1.87. The molecule has 11 heavy (non-hydrogen) atoms. The molecule has 4 heteroatoms.